The first-order valence-electron chi connectivity index (χ1n) is 3.99. The van der Waals surface area contributed by atoms with E-state index in [-0.39, 0.29) is 11.4 Å². The van der Waals surface area contributed by atoms with Crippen LogP contribution in [0.3, 0.4) is 0 Å². The van der Waals surface area contributed by atoms with Crippen molar-refractivity contribution in [1.29, 1.82) is 0 Å². The molecule has 0 radical (unpaired) electrons. The van der Waals surface area contributed by atoms with Crippen molar-refractivity contribution in [2.24, 2.45) is 10.7 Å². The monoisotopic (exact) mass is 218 g/mol. The molecule has 0 aliphatic heterocycles. The van der Waals surface area contributed by atoms with Crippen molar-refractivity contribution in [1.82, 2.24) is 0 Å². The van der Waals surface area contributed by atoms with Crippen LogP contribution in [0.2, 0.25) is 0 Å². The second-order valence-corrected chi connectivity index (χ2v) is 2.67. The van der Waals surface area contributed by atoms with Crippen LogP contribution >= 0.6 is 0 Å². The van der Waals surface area contributed by atoms with Crippen molar-refractivity contribution in [2.75, 3.05) is 7.11 Å². The average Bonchev–Trinajstić information content (AvgIpc) is 2.17. The van der Waals surface area contributed by atoms with E-state index in [9.17, 15) is 13.2 Å². The minimum atomic E-state index is -4.62. The maximum Gasteiger partial charge on any atom is 0.448 e. The van der Waals surface area contributed by atoms with Gasteiger partial charge >= 0.3 is 6.18 Å². The minimum Gasteiger partial charge on any atom is -0.494 e. The third-order valence-electron chi connectivity index (χ3n) is 1.62. The highest BCUT2D eigenvalue weighted by Gasteiger charge is 2.33. The zero-order valence-corrected chi connectivity index (χ0v) is 7.88. The molecule has 0 aromatic heterocycles. The van der Waals surface area contributed by atoms with Gasteiger partial charge in [-0.2, -0.15) is 13.2 Å². The normalized spacial score (nSPS) is 12.7. The number of hydrogen-bond acceptors (Lipinski definition) is 2. The van der Waals surface area contributed by atoms with Gasteiger partial charge in [-0.15, -0.1) is 0 Å². The second kappa shape index (κ2) is 4.20. The van der Waals surface area contributed by atoms with E-state index in [1.165, 1.54) is 19.2 Å². The number of nitrogens with zero attached hydrogens (tertiary/aromatic N) is 1. The largest absolute Gasteiger partial charge is 0.494 e. The van der Waals surface area contributed by atoms with Gasteiger partial charge in [-0.05, 0) is 12.1 Å². The molecule has 0 bridgehead atoms. The molecule has 0 spiro atoms. The summed E-state index contributed by atoms with van der Waals surface area (Å²) >= 11 is 0. The van der Waals surface area contributed by atoms with Crippen molar-refractivity contribution < 1.29 is 17.9 Å². The summed E-state index contributed by atoms with van der Waals surface area (Å²) in [6.07, 6.45) is -4.62. The maximum atomic E-state index is 12.1. The van der Waals surface area contributed by atoms with E-state index < -0.39 is 12.0 Å². The summed E-state index contributed by atoms with van der Waals surface area (Å²) in [5, 5.41) is 0. The average molecular weight is 218 g/mol. The van der Waals surface area contributed by atoms with Gasteiger partial charge in [0, 0.05) is 0 Å². The number of benzene rings is 1. The van der Waals surface area contributed by atoms with E-state index in [1.54, 1.807) is 12.1 Å². The van der Waals surface area contributed by atoms with Crippen molar-refractivity contribution in [2.45, 2.75) is 6.18 Å². The molecule has 3 nitrogen and oxygen atoms in total. The zero-order valence-electron chi connectivity index (χ0n) is 7.88. The predicted octanol–water partition coefficient (Wildman–Crippen LogP) is 2.25. The Bertz CT molecular complexity index is 374. The van der Waals surface area contributed by atoms with Crippen LogP contribution in [-0.2, 0) is 0 Å². The highest BCUT2D eigenvalue weighted by molar-refractivity contribution is 5.88. The zero-order chi connectivity index (χ0) is 11.5. The number of hydrogen-bond donors (Lipinski definition) is 1. The molecule has 0 aliphatic carbocycles. The number of amidine groups is 1. The first-order valence-corrected chi connectivity index (χ1v) is 3.99. The van der Waals surface area contributed by atoms with Gasteiger partial charge in [0.25, 0.3) is 0 Å². The summed E-state index contributed by atoms with van der Waals surface area (Å²) in [5.41, 5.74) is 4.83. The molecular weight excluding hydrogens is 209 g/mol. The Morgan fingerprint density at radius 3 is 2.47 bits per heavy atom. The van der Waals surface area contributed by atoms with E-state index in [0.29, 0.717) is 0 Å². The van der Waals surface area contributed by atoms with Crippen LogP contribution in [0.4, 0.5) is 18.9 Å². The number of nitrogens with two attached hydrogens (primary N) is 1. The third kappa shape index (κ3) is 2.87. The van der Waals surface area contributed by atoms with Gasteiger partial charge < -0.3 is 10.5 Å². The highest BCUT2D eigenvalue weighted by atomic mass is 19.4. The summed E-state index contributed by atoms with van der Waals surface area (Å²) in [6, 6.07) is 6.06. The van der Waals surface area contributed by atoms with Crippen LogP contribution in [0.5, 0.6) is 5.75 Å². The quantitative estimate of drug-likeness (QED) is 0.611. The lowest BCUT2D eigenvalue weighted by Crippen LogP contribution is -2.30. The summed E-state index contributed by atoms with van der Waals surface area (Å²) < 4.78 is 41.1. The number of halogens is 3. The number of aliphatic imine (C=N–C) groups is 1. The Morgan fingerprint density at radius 2 is 1.93 bits per heavy atom. The SMILES string of the molecule is COc1ccccc1N=C(N)C(F)(F)F. The van der Waals surface area contributed by atoms with E-state index in [1.807, 2.05) is 0 Å². The molecular formula is C9H9F3N2O. The molecule has 82 valence electrons. The van der Waals surface area contributed by atoms with Gasteiger partial charge in [-0.3, -0.25) is 0 Å². The van der Waals surface area contributed by atoms with Crippen molar-refractivity contribution >= 4 is 11.5 Å². The highest BCUT2D eigenvalue weighted by Crippen LogP contribution is 2.28. The molecule has 0 saturated carbocycles. The number of rotatable bonds is 2. The first-order chi connectivity index (χ1) is 6.95. The molecule has 0 atom stereocenters. The number of ether oxygens (including phenoxy) is 1. The fraction of sp³-hybridized carbons (Fsp3) is 0.222. The van der Waals surface area contributed by atoms with Gasteiger partial charge in [0.2, 0.25) is 5.84 Å². The van der Waals surface area contributed by atoms with Crippen LogP contribution in [0.15, 0.2) is 29.3 Å². The van der Waals surface area contributed by atoms with Gasteiger partial charge in [-0.25, -0.2) is 4.99 Å². The maximum absolute atomic E-state index is 12.1. The number of methoxy groups -OCH3 is 1. The molecule has 1 aromatic rings. The van der Waals surface area contributed by atoms with E-state index >= 15 is 0 Å². The van der Waals surface area contributed by atoms with Crippen molar-refractivity contribution in [3.05, 3.63) is 24.3 Å². The third-order valence-corrected chi connectivity index (χ3v) is 1.62. The molecule has 0 unspecified atom stereocenters. The molecule has 6 heteroatoms. The predicted molar refractivity (Wildman–Crippen MR) is 50.3 cm³/mol. The Balaban J connectivity index is 3.08. The number of para-hydroxylation sites is 2. The Labute approximate surface area is 84.4 Å². The van der Waals surface area contributed by atoms with Gasteiger partial charge in [-0.1, -0.05) is 12.1 Å². The number of alkyl halides is 3. The Kier molecular flexibility index (Phi) is 3.18. The summed E-state index contributed by atoms with van der Waals surface area (Å²) in [6.45, 7) is 0. The molecule has 0 amide bonds. The van der Waals surface area contributed by atoms with E-state index in [4.69, 9.17) is 10.5 Å². The van der Waals surface area contributed by atoms with E-state index in [0.717, 1.165) is 0 Å². The second-order valence-electron chi connectivity index (χ2n) is 2.67. The molecule has 0 aliphatic rings. The lowest BCUT2D eigenvalue weighted by Gasteiger charge is -2.07. The first kappa shape index (κ1) is 11.4. The summed E-state index contributed by atoms with van der Waals surface area (Å²) in [4.78, 5) is 3.25. The molecule has 1 aromatic carbocycles. The summed E-state index contributed by atoms with van der Waals surface area (Å²) in [7, 11) is 1.35. The molecule has 15 heavy (non-hydrogen) atoms. The molecule has 0 fully saturated rings. The lowest BCUT2D eigenvalue weighted by molar-refractivity contribution is -0.0597. The van der Waals surface area contributed by atoms with Crippen molar-refractivity contribution in [3.63, 3.8) is 0 Å². The molecule has 0 heterocycles. The lowest BCUT2D eigenvalue weighted by atomic mass is 10.3. The molecule has 2 N–H and O–H groups in total. The van der Waals surface area contributed by atoms with Crippen LogP contribution in [0.1, 0.15) is 0 Å². The van der Waals surface area contributed by atoms with Crippen LogP contribution in [-0.4, -0.2) is 19.1 Å². The smallest absolute Gasteiger partial charge is 0.448 e. The van der Waals surface area contributed by atoms with Gasteiger partial charge in [0.15, 0.2) is 0 Å². The van der Waals surface area contributed by atoms with Gasteiger partial charge in [0.1, 0.15) is 11.4 Å². The Hall–Kier alpha value is -1.72. The van der Waals surface area contributed by atoms with Gasteiger partial charge in [0.05, 0.1) is 7.11 Å². The summed E-state index contributed by atoms with van der Waals surface area (Å²) in [5.74, 6) is -1.16. The standard InChI is InChI=1S/C9H9F3N2O/c1-15-7-5-3-2-4-6(7)14-8(13)9(10,11)12/h2-5H,1H3,(H2,13,14). The molecule has 0 saturated heterocycles. The van der Waals surface area contributed by atoms with Crippen LogP contribution in [0, 0.1) is 0 Å². The fourth-order valence-electron chi connectivity index (χ4n) is 0.915. The van der Waals surface area contributed by atoms with Crippen molar-refractivity contribution in [3.8, 4) is 5.75 Å². The Morgan fingerprint density at radius 1 is 1.33 bits per heavy atom. The van der Waals surface area contributed by atoms with Crippen LogP contribution in [0.25, 0.3) is 0 Å². The minimum absolute atomic E-state index is 0.0508. The topological polar surface area (TPSA) is 47.6 Å². The fourth-order valence-corrected chi connectivity index (χ4v) is 0.915. The molecule has 1 rings (SSSR count). The van der Waals surface area contributed by atoms with E-state index in [2.05, 4.69) is 4.99 Å². The van der Waals surface area contributed by atoms with Crippen LogP contribution < -0.4 is 10.5 Å².